The molecule has 5 nitrogen and oxygen atoms in total. The highest BCUT2D eigenvalue weighted by molar-refractivity contribution is 5.91. The largest absolute Gasteiger partial charge is 0.314 e. The predicted molar refractivity (Wildman–Crippen MR) is 80.7 cm³/mol. The SMILES string of the molecule is CCCC(C)c1cc(NC(=O)[C@H]2CCN[C@@H](C)C2)n[nH]1. The number of H-pyrrole nitrogens is 1. The molecule has 1 unspecified atom stereocenters. The number of carbonyl (C=O) groups excluding carboxylic acids is 1. The summed E-state index contributed by atoms with van der Waals surface area (Å²) in [5.41, 5.74) is 1.10. The van der Waals surface area contributed by atoms with Crippen LogP contribution in [0.3, 0.4) is 0 Å². The van der Waals surface area contributed by atoms with Crippen molar-refractivity contribution in [3.05, 3.63) is 11.8 Å². The lowest BCUT2D eigenvalue weighted by Crippen LogP contribution is -2.40. The monoisotopic (exact) mass is 278 g/mol. The van der Waals surface area contributed by atoms with Crippen LogP contribution in [0.15, 0.2) is 6.07 Å². The van der Waals surface area contributed by atoms with E-state index in [9.17, 15) is 4.79 Å². The van der Waals surface area contributed by atoms with Crippen molar-refractivity contribution in [1.29, 1.82) is 0 Å². The minimum absolute atomic E-state index is 0.0967. The van der Waals surface area contributed by atoms with Crippen LogP contribution in [0.4, 0.5) is 5.82 Å². The Bertz CT molecular complexity index is 443. The van der Waals surface area contributed by atoms with Gasteiger partial charge in [-0.15, -0.1) is 0 Å². The number of hydrogen-bond acceptors (Lipinski definition) is 3. The van der Waals surface area contributed by atoms with Gasteiger partial charge in [-0.3, -0.25) is 9.89 Å². The van der Waals surface area contributed by atoms with E-state index in [0.29, 0.717) is 17.8 Å². The maximum Gasteiger partial charge on any atom is 0.228 e. The summed E-state index contributed by atoms with van der Waals surface area (Å²) in [5.74, 6) is 1.30. The van der Waals surface area contributed by atoms with Crippen LogP contribution in [0.25, 0.3) is 0 Å². The highest BCUT2D eigenvalue weighted by atomic mass is 16.2. The lowest BCUT2D eigenvalue weighted by atomic mass is 9.92. The van der Waals surface area contributed by atoms with Gasteiger partial charge in [0.05, 0.1) is 0 Å². The van der Waals surface area contributed by atoms with Crippen LogP contribution >= 0.6 is 0 Å². The molecule has 1 amide bonds. The molecule has 0 saturated carbocycles. The Morgan fingerprint density at radius 1 is 1.60 bits per heavy atom. The van der Waals surface area contributed by atoms with Crippen molar-refractivity contribution in [3.8, 4) is 0 Å². The van der Waals surface area contributed by atoms with Gasteiger partial charge in [-0.1, -0.05) is 20.3 Å². The Balaban J connectivity index is 1.91. The van der Waals surface area contributed by atoms with E-state index in [4.69, 9.17) is 0 Å². The molecule has 0 spiro atoms. The van der Waals surface area contributed by atoms with Gasteiger partial charge in [-0.2, -0.15) is 5.10 Å². The van der Waals surface area contributed by atoms with E-state index in [2.05, 4.69) is 41.6 Å². The molecule has 5 heteroatoms. The highest BCUT2D eigenvalue weighted by Gasteiger charge is 2.25. The van der Waals surface area contributed by atoms with Crippen molar-refractivity contribution in [2.75, 3.05) is 11.9 Å². The molecule has 2 heterocycles. The smallest absolute Gasteiger partial charge is 0.228 e. The third-order valence-corrected chi connectivity index (χ3v) is 4.10. The molecule has 2 rings (SSSR count). The standard InChI is InChI=1S/C15H26N4O/c1-4-5-10(2)13-9-14(19-18-13)17-15(20)12-6-7-16-11(3)8-12/h9-12,16H,4-8H2,1-3H3,(H2,17,18,19,20)/t10?,11-,12-/m0/s1. The first kappa shape index (κ1) is 15.0. The predicted octanol–water partition coefficient (Wildman–Crippen LogP) is 2.64. The molecule has 1 saturated heterocycles. The molecule has 3 atom stereocenters. The van der Waals surface area contributed by atoms with Crippen LogP contribution < -0.4 is 10.6 Å². The number of piperidine rings is 1. The summed E-state index contributed by atoms with van der Waals surface area (Å²) in [6.45, 7) is 7.39. The second-order valence-corrected chi connectivity index (χ2v) is 5.96. The number of aromatic nitrogens is 2. The lowest BCUT2D eigenvalue weighted by Gasteiger charge is -2.26. The minimum Gasteiger partial charge on any atom is -0.314 e. The first-order chi connectivity index (χ1) is 9.60. The summed E-state index contributed by atoms with van der Waals surface area (Å²) in [7, 11) is 0. The van der Waals surface area contributed by atoms with Gasteiger partial charge in [0.2, 0.25) is 5.91 Å². The van der Waals surface area contributed by atoms with Gasteiger partial charge in [0.25, 0.3) is 0 Å². The second-order valence-electron chi connectivity index (χ2n) is 5.96. The highest BCUT2D eigenvalue weighted by Crippen LogP contribution is 2.22. The molecule has 0 bridgehead atoms. The molecule has 3 N–H and O–H groups in total. The number of nitrogens with zero attached hydrogens (tertiary/aromatic N) is 1. The van der Waals surface area contributed by atoms with Crippen LogP contribution in [-0.2, 0) is 4.79 Å². The normalized spacial score (nSPS) is 24.4. The first-order valence-electron chi connectivity index (χ1n) is 7.69. The number of aromatic amines is 1. The van der Waals surface area contributed by atoms with E-state index >= 15 is 0 Å². The molecule has 1 aromatic rings. The summed E-state index contributed by atoms with van der Waals surface area (Å²) in [6.07, 6.45) is 4.07. The third kappa shape index (κ3) is 3.82. The lowest BCUT2D eigenvalue weighted by molar-refractivity contribution is -0.120. The maximum atomic E-state index is 12.2. The number of rotatable bonds is 5. The van der Waals surface area contributed by atoms with Crippen molar-refractivity contribution in [2.24, 2.45) is 5.92 Å². The molecule has 0 aliphatic carbocycles. The Labute approximate surface area is 120 Å². The molecule has 1 aromatic heterocycles. The molecule has 1 aliphatic rings. The number of hydrogen-bond donors (Lipinski definition) is 3. The zero-order chi connectivity index (χ0) is 14.5. The van der Waals surface area contributed by atoms with Gasteiger partial charge in [-0.25, -0.2) is 0 Å². The van der Waals surface area contributed by atoms with Crippen LogP contribution in [0.5, 0.6) is 0 Å². The van der Waals surface area contributed by atoms with Crippen molar-refractivity contribution in [1.82, 2.24) is 15.5 Å². The third-order valence-electron chi connectivity index (χ3n) is 4.10. The molecule has 1 aliphatic heterocycles. The van der Waals surface area contributed by atoms with Crippen molar-refractivity contribution in [2.45, 2.75) is 58.4 Å². The van der Waals surface area contributed by atoms with Gasteiger partial charge >= 0.3 is 0 Å². The molecule has 112 valence electrons. The summed E-state index contributed by atoms with van der Waals surface area (Å²) in [5, 5.41) is 13.5. The van der Waals surface area contributed by atoms with Crippen molar-refractivity contribution >= 4 is 11.7 Å². The Morgan fingerprint density at radius 2 is 2.40 bits per heavy atom. The molecule has 0 radical (unpaired) electrons. The van der Waals surface area contributed by atoms with E-state index in [1.54, 1.807) is 0 Å². The molecule has 1 fully saturated rings. The molecule has 20 heavy (non-hydrogen) atoms. The Morgan fingerprint density at radius 3 is 3.10 bits per heavy atom. The molecular weight excluding hydrogens is 252 g/mol. The average Bonchev–Trinajstić information content (AvgIpc) is 2.87. The summed E-state index contributed by atoms with van der Waals surface area (Å²) in [6, 6.07) is 2.38. The zero-order valence-electron chi connectivity index (χ0n) is 12.7. The maximum absolute atomic E-state index is 12.2. The van der Waals surface area contributed by atoms with Gasteiger partial charge in [0.1, 0.15) is 0 Å². The van der Waals surface area contributed by atoms with E-state index < -0.39 is 0 Å². The van der Waals surface area contributed by atoms with Crippen molar-refractivity contribution in [3.63, 3.8) is 0 Å². The van der Waals surface area contributed by atoms with Crippen LogP contribution in [0.1, 0.15) is 58.1 Å². The van der Waals surface area contributed by atoms with E-state index in [1.165, 1.54) is 0 Å². The summed E-state index contributed by atoms with van der Waals surface area (Å²) < 4.78 is 0. The quantitative estimate of drug-likeness (QED) is 0.775. The number of anilines is 1. The molecule has 0 aromatic carbocycles. The second kappa shape index (κ2) is 6.88. The zero-order valence-corrected chi connectivity index (χ0v) is 12.7. The van der Waals surface area contributed by atoms with Crippen LogP contribution in [0, 0.1) is 5.92 Å². The minimum atomic E-state index is 0.0967. The molecular formula is C15H26N4O. The van der Waals surface area contributed by atoms with Crippen LogP contribution in [0.2, 0.25) is 0 Å². The van der Waals surface area contributed by atoms with Crippen molar-refractivity contribution < 1.29 is 4.79 Å². The average molecular weight is 278 g/mol. The fourth-order valence-electron chi connectivity index (χ4n) is 2.84. The Kier molecular flexibility index (Phi) is 5.17. The van der Waals surface area contributed by atoms with E-state index in [1.807, 2.05) is 6.07 Å². The van der Waals surface area contributed by atoms with E-state index in [-0.39, 0.29) is 11.8 Å². The summed E-state index contributed by atoms with van der Waals surface area (Å²) >= 11 is 0. The van der Waals surface area contributed by atoms with Crippen LogP contribution in [-0.4, -0.2) is 28.7 Å². The van der Waals surface area contributed by atoms with Gasteiger partial charge < -0.3 is 10.6 Å². The topological polar surface area (TPSA) is 69.8 Å². The number of amides is 1. The van der Waals surface area contributed by atoms with Gasteiger partial charge in [0, 0.05) is 23.7 Å². The Hall–Kier alpha value is -1.36. The van der Waals surface area contributed by atoms with Gasteiger partial charge in [-0.05, 0) is 38.6 Å². The fourth-order valence-corrected chi connectivity index (χ4v) is 2.84. The first-order valence-corrected chi connectivity index (χ1v) is 7.69. The number of carbonyl (C=O) groups is 1. The van der Waals surface area contributed by atoms with E-state index in [0.717, 1.165) is 37.9 Å². The van der Waals surface area contributed by atoms with Gasteiger partial charge in [0.15, 0.2) is 5.82 Å². The summed E-state index contributed by atoms with van der Waals surface area (Å²) in [4.78, 5) is 12.2. The number of nitrogens with one attached hydrogen (secondary N) is 3. The fraction of sp³-hybridized carbons (Fsp3) is 0.733.